The zero-order chi connectivity index (χ0) is 27.6. The van der Waals surface area contributed by atoms with Crippen LogP contribution in [0.5, 0.6) is 28.7 Å². The van der Waals surface area contributed by atoms with Gasteiger partial charge >= 0.3 is 5.56 Å². The minimum atomic E-state index is -1.03. The third-order valence-corrected chi connectivity index (χ3v) is 8.03. The fraction of sp³-hybridized carbons (Fsp3) is 0.207. The minimum absolute atomic E-state index is 0.0117. The Hall–Kier alpha value is -4.46. The summed E-state index contributed by atoms with van der Waals surface area (Å²) in [6.07, 6.45) is 3.20. The van der Waals surface area contributed by atoms with Gasteiger partial charge < -0.3 is 19.5 Å². The van der Waals surface area contributed by atoms with Crippen molar-refractivity contribution in [1.29, 1.82) is 5.26 Å². The molecule has 1 fully saturated rings. The predicted molar refractivity (Wildman–Crippen MR) is 140 cm³/mol. The van der Waals surface area contributed by atoms with Gasteiger partial charge in [-0.2, -0.15) is 10.4 Å². The summed E-state index contributed by atoms with van der Waals surface area (Å²) in [4.78, 5) is 12.3. The van der Waals surface area contributed by atoms with Crippen molar-refractivity contribution in [2.75, 3.05) is 6.54 Å². The molecule has 3 aromatic carbocycles. The molecule has 0 spiro atoms. The van der Waals surface area contributed by atoms with Crippen LogP contribution in [0.2, 0.25) is 5.02 Å². The van der Waals surface area contributed by atoms with Gasteiger partial charge in [-0.05, 0) is 24.9 Å². The Morgan fingerprint density at radius 3 is 2.65 bits per heavy atom. The summed E-state index contributed by atoms with van der Waals surface area (Å²) in [7, 11) is 0. The Kier molecular flexibility index (Phi) is 5.56. The molecule has 2 N–H and O–H groups in total. The largest absolute Gasteiger partial charge is 0.480 e. The average Bonchev–Trinajstić information content (AvgIpc) is 3.64. The minimum Gasteiger partial charge on any atom is -0.480 e. The SMILES string of the molecule is N#Cc1cc2c(c(F)c1-c1c(Cl)c(F)cc3c1C[C@](c1ccccc1)([C@@H]1CCCN1)O3)Oc1c(cn[nH]c1=O)O2. The molecule has 8 nitrogen and oxygen atoms in total. The van der Waals surface area contributed by atoms with Crippen molar-refractivity contribution in [3.05, 3.63) is 92.4 Å². The average molecular weight is 561 g/mol. The van der Waals surface area contributed by atoms with E-state index in [0.29, 0.717) is 5.56 Å². The highest BCUT2D eigenvalue weighted by Crippen LogP contribution is 2.54. The first-order chi connectivity index (χ1) is 19.4. The summed E-state index contributed by atoms with van der Waals surface area (Å²) >= 11 is 6.54. The van der Waals surface area contributed by atoms with Crippen LogP contribution in [0.3, 0.4) is 0 Å². The van der Waals surface area contributed by atoms with E-state index in [1.54, 1.807) is 0 Å². The lowest BCUT2D eigenvalue weighted by Crippen LogP contribution is -2.48. The molecule has 0 radical (unpaired) electrons. The summed E-state index contributed by atoms with van der Waals surface area (Å²) in [6, 6.07) is 13.9. The normalized spacial score (nSPS) is 20.4. The maximum atomic E-state index is 16.4. The monoisotopic (exact) mass is 560 g/mol. The van der Waals surface area contributed by atoms with Gasteiger partial charge in [0.15, 0.2) is 22.9 Å². The molecule has 4 heterocycles. The zero-order valence-corrected chi connectivity index (χ0v) is 21.4. The van der Waals surface area contributed by atoms with Crippen molar-refractivity contribution in [2.24, 2.45) is 0 Å². The van der Waals surface area contributed by atoms with Gasteiger partial charge in [-0.1, -0.05) is 41.9 Å². The second-order valence-electron chi connectivity index (χ2n) is 9.86. The van der Waals surface area contributed by atoms with Gasteiger partial charge in [-0.25, -0.2) is 13.9 Å². The number of hydrogen-bond donors (Lipinski definition) is 2. The topological polar surface area (TPSA) is 109 Å². The number of H-pyrrole nitrogens is 1. The number of benzene rings is 3. The third-order valence-electron chi connectivity index (χ3n) is 7.66. The van der Waals surface area contributed by atoms with Crippen LogP contribution in [0.25, 0.3) is 11.1 Å². The number of hydrogen-bond acceptors (Lipinski definition) is 7. The van der Waals surface area contributed by atoms with E-state index in [2.05, 4.69) is 15.5 Å². The van der Waals surface area contributed by atoms with E-state index in [1.165, 1.54) is 18.3 Å². The molecule has 3 aliphatic rings. The number of aromatic nitrogens is 2. The molecule has 200 valence electrons. The summed E-state index contributed by atoms with van der Waals surface area (Å²) in [5.41, 5.74) is -0.759. The van der Waals surface area contributed by atoms with E-state index in [1.807, 2.05) is 36.4 Å². The third kappa shape index (κ3) is 3.51. The van der Waals surface area contributed by atoms with E-state index in [9.17, 15) is 10.1 Å². The molecular weight excluding hydrogens is 542 g/mol. The molecule has 4 aromatic rings. The van der Waals surface area contributed by atoms with E-state index in [0.717, 1.165) is 24.9 Å². The van der Waals surface area contributed by atoms with Crippen LogP contribution in [0.1, 0.15) is 29.5 Å². The van der Waals surface area contributed by atoms with Gasteiger partial charge in [0.1, 0.15) is 17.6 Å². The number of nitrogens with one attached hydrogen (secondary N) is 2. The smallest absolute Gasteiger partial charge is 0.311 e. The van der Waals surface area contributed by atoms with Crippen LogP contribution in [0, 0.1) is 23.0 Å². The van der Waals surface area contributed by atoms with Crippen LogP contribution in [-0.2, 0) is 12.0 Å². The highest BCUT2D eigenvalue weighted by Gasteiger charge is 2.50. The molecule has 0 bridgehead atoms. The molecular formula is C29H19ClF2N4O4. The number of rotatable bonds is 3. The zero-order valence-electron chi connectivity index (χ0n) is 20.7. The molecule has 2 atom stereocenters. The van der Waals surface area contributed by atoms with Crippen LogP contribution < -0.4 is 25.1 Å². The van der Waals surface area contributed by atoms with Crippen molar-refractivity contribution in [2.45, 2.75) is 30.9 Å². The fourth-order valence-corrected chi connectivity index (χ4v) is 6.16. The number of halogens is 3. The maximum Gasteiger partial charge on any atom is 0.311 e. The standard InChI is InChI=1S/C29H19ClF2N4O4/c30-24-17(31)10-18-16(11-29(40-18,21-7-4-8-34-21)15-5-2-1-3-6-15)23(24)22-14(12-33)9-19-26(25(22)32)39-27-20(38-19)13-35-36-28(27)37/h1-3,5-6,9-10,13,21,34H,4,7-8,11H2,(H,36,37)/t21-,29-/m0/s1. The van der Waals surface area contributed by atoms with Crippen LogP contribution in [0.15, 0.2) is 53.5 Å². The Labute approximate surface area is 231 Å². The highest BCUT2D eigenvalue weighted by atomic mass is 35.5. The molecule has 0 amide bonds. The van der Waals surface area contributed by atoms with E-state index in [-0.39, 0.29) is 57.2 Å². The van der Waals surface area contributed by atoms with Crippen LogP contribution >= 0.6 is 11.6 Å². The van der Waals surface area contributed by atoms with Gasteiger partial charge in [-0.3, -0.25) is 4.79 Å². The molecule has 11 heteroatoms. The Bertz CT molecular complexity index is 1800. The van der Waals surface area contributed by atoms with E-state index in [4.69, 9.17) is 25.8 Å². The second kappa shape index (κ2) is 9.05. The first-order valence-electron chi connectivity index (χ1n) is 12.6. The quantitative estimate of drug-likeness (QED) is 0.290. The molecule has 3 aliphatic heterocycles. The Morgan fingerprint density at radius 1 is 1.07 bits per heavy atom. The highest BCUT2D eigenvalue weighted by molar-refractivity contribution is 6.34. The van der Waals surface area contributed by atoms with Crippen molar-refractivity contribution in [3.63, 3.8) is 0 Å². The summed E-state index contributed by atoms with van der Waals surface area (Å²) in [6.45, 7) is 0.798. The van der Waals surface area contributed by atoms with Gasteiger partial charge in [0, 0.05) is 35.2 Å². The number of fused-ring (bicyclic) bond motifs is 3. The van der Waals surface area contributed by atoms with Crippen LogP contribution in [0.4, 0.5) is 8.78 Å². The van der Waals surface area contributed by atoms with E-state index < -0.39 is 28.5 Å². The van der Waals surface area contributed by atoms with E-state index >= 15 is 8.78 Å². The molecule has 40 heavy (non-hydrogen) atoms. The summed E-state index contributed by atoms with van der Waals surface area (Å²) in [5, 5.41) is 19.0. The first-order valence-corrected chi connectivity index (χ1v) is 13.0. The Balaban J connectivity index is 1.44. The van der Waals surface area contributed by atoms with Crippen molar-refractivity contribution in [1.82, 2.24) is 15.5 Å². The van der Waals surface area contributed by atoms with Gasteiger partial charge in [0.05, 0.1) is 22.8 Å². The number of nitriles is 1. The first kappa shape index (κ1) is 24.6. The van der Waals surface area contributed by atoms with Crippen molar-refractivity contribution >= 4 is 11.6 Å². The lowest BCUT2D eigenvalue weighted by atomic mass is 9.80. The van der Waals surface area contributed by atoms with Gasteiger partial charge in [-0.15, -0.1) is 0 Å². The number of aromatic amines is 1. The van der Waals surface area contributed by atoms with Gasteiger partial charge in [0.2, 0.25) is 11.5 Å². The van der Waals surface area contributed by atoms with Crippen LogP contribution in [-0.4, -0.2) is 22.8 Å². The molecule has 1 saturated heterocycles. The number of ether oxygens (including phenoxy) is 3. The molecule has 7 rings (SSSR count). The fourth-order valence-electron chi connectivity index (χ4n) is 5.90. The Morgan fingerprint density at radius 2 is 1.90 bits per heavy atom. The maximum absolute atomic E-state index is 16.4. The molecule has 0 unspecified atom stereocenters. The lowest BCUT2D eigenvalue weighted by Gasteiger charge is -2.35. The lowest BCUT2D eigenvalue weighted by molar-refractivity contribution is 0.0539. The van der Waals surface area contributed by atoms with Gasteiger partial charge in [0.25, 0.3) is 0 Å². The summed E-state index contributed by atoms with van der Waals surface area (Å²) < 4.78 is 49.6. The van der Waals surface area contributed by atoms with Crippen molar-refractivity contribution < 1.29 is 23.0 Å². The molecule has 0 aliphatic carbocycles. The number of nitrogens with zero attached hydrogens (tertiary/aromatic N) is 2. The molecule has 1 aromatic heterocycles. The predicted octanol–water partition coefficient (Wildman–Crippen LogP) is 5.72. The van der Waals surface area contributed by atoms with Crippen molar-refractivity contribution in [3.8, 4) is 45.9 Å². The molecule has 0 saturated carbocycles. The summed E-state index contributed by atoms with van der Waals surface area (Å²) in [5.74, 6) is -2.55. The second-order valence-corrected chi connectivity index (χ2v) is 10.2.